The largest absolute Gasteiger partial charge is 0.357 e. The number of ketones is 1. The molecule has 0 N–H and O–H groups in total. The zero-order valence-corrected chi connectivity index (χ0v) is 12.8. The van der Waals surface area contributed by atoms with E-state index in [0.29, 0.717) is 21.2 Å². The van der Waals surface area contributed by atoms with Gasteiger partial charge in [-0.1, -0.05) is 23.2 Å². The molecule has 1 saturated heterocycles. The predicted molar refractivity (Wildman–Crippen MR) is 81.0 cm³/mol. The average molecular weight is 325 g/mol. The molecule has 6 heteroatoms. The summed E-state index contributed by atoms with van der Waals surface area (Å²) in [7, 11) is 0. The van der Waals surface area contributed by atoms with Gasteiger partial charge in [0.05, 0.1) is 16.8 Å². The van der Waals surface area contributed by atoms with Gasteiger partial charge in [0, 0.05) is 23.4 Å². The van der Waals surface area contributed by atoms with Gasteiger partial charge in [0.15, 0.2) is 5.78 Å². The number of hydrogen-bond acceptors (Lipinski definition) is 3. The molecular weight excluding hydrogens is 311 g/mol. The Morgan fingerprint density at radius 3 is 2.90 bits per heavy atom. The monoisotopic (exact) mass is 324 g/mol. The van der Waals surface area contributed by atoms with E-state index in [0.717, 1.165) is 25.9 Å². The molecule has 1 fully saturated rings. The van der Waals surface area contributed by atoms with Gasteiger partial charge in [0.1, 0.15) is 6.23 Å². The molecule has 4 nitrogen and oxygen atoms in total. The van der Waals surface area contributed by atoms with Gasteiger partial charge in [0.2, 0.25) is 0 Å². The Morgan fingerprint density at radius 1 is 1.33 bits per heavy atom. The lowest BCUT2D eigenvalue weighted by atomic mass is 10.1. The lowest BCUT2D eigenvalue weighted by molar-refractivity contribution is -0.0395. The Balaban J connectivity index is 1.83. The van der Waals surface area contributed by atoms with Crippen molar-refractivity contribution in [1.82, 2.24) is 9.78 Å². The number of aromatic nitrogens is 2. The van der Waals surface area contributed by atoms with E-state index in [2.05, 4.69) is 5.10 Å². The van der Waals surface area contributed by atoms with E-state index in [9.17, 15) is 4.79 Å². The molecule has 0 bridgehead atoms. The lowest BCUT2D eigenvalue weighted by Crippen LogP contribution is -2.18. The minimum Gasteiger partial charge on any atom is -0.357 e. The molecule has 3 rings (SSSR count). The predicted octanol–water partition coefficient (Wildman–Crippen LogP) is 4.12. The fourth-order valence-electron chi connectivity index (χ4n) is 2.37. The number of nitrogens with zero attached hydrogens (tertiary/aromatic N) is 2. The standard InChI is InChI=1S/C15H14Cl2N2O2/c16-11-4-5-12(13(17)7-11)15(20)10-8-18-19(9-10)14-3-1-2-6-21-14/h4-5,7-9,14H,1-3,6H2. The highest BCUT2D eigenvalue weighted by molar-refractivity contribution is 6.37. The summed E-state index contributed by atoms with van der Waals surface area (Å²) in [5.41, 5.74) is 0.915. The fraction of sp³-hybridized carbons (Fsp3) is 0.333. The highest BCUT2D eigenvalue weighted by Gasteiger charge is 2.20. The summed E-state index contributed by atoms with van der Waals surface area (Å²) in [5.74, 6) is -0.168. The normalized spacial score (nSPS) is 18.7. The minimum atomic E-state index is -0.168. The number of carbonyl (C=O) groups is 1. The highest BCUT2D eigenvalue weighted by atomic mass is 35.5. The molecule has 0 radical (unpaired) electrons. The Hall–Kier alpha value is -1.36. The van der Waals surface area contributed by atoms with Gasteiger partial charge >= 0.3 is 0 Å². The van der Waals surface area contributed by atoms with Crippen molar-refractivity contribution in [1.29, 1.82) is 0 Å². The van der Waals surface area contributed by atoms with E-state index in [-0.39, 0.29) is 12.0 Å². The van der Waals surface area contributed by atoms with Crippen LogP contribution in [0.25, 0.3) is 0 Å². The van der Waals surface area contributed by atoms with Crippen LogP contribution < -0.4 is 0 Å². The van der Waals surface area contributed by atoms with E-state index in [1.807, 2.05) is 0 Å². The molecule has 1 aromatic heterocycles. The summed E-state index contributed by atoms with van der Waals surface area (Å²) in [4.78, 5) is 12.5. The zero-order chi connectivity index (χ0) is 14.8. The van der Waals surface area contributed by atoms with Crippen LogP contribution in [0.5, 0.6) is 0 Å². The Kier molecular flexibility index (Phi) is 4.29. The molecule has 0 aliphatic carbocycles. The molecule has 2 aromatic rings. The maximum Gasteiger partial charge on any atom is 0.197 e. The van der Waals surface area contributed by atoms with E-state index >= 15 is 0 Å². The van der Waals surface area contributed by atoms with Crippen molar-refractivity contribution >= 4 is 29.0 Å². The molecule has 1 aliphatic rings. The molecular formula is C15H14Cl2N2O2. The molecule has 1 atom stereocenters. The topological polar surface area (TPSA) is 44.1 Å². The van der Waals surface area contributed by atoms with Crippen LogP contribution in [0.1, 0.15) is 41.4 Å². The smallest absolute Gasteiger partial charge is 0.197 e. The first-order valence-electron chi connectivity index (χ1n) is 6.80. The molecule has 1 unspecified atom stereocenters. The van der Waals surface area contributed by atoms with Crippen LogP contribution in [-0.2, 0) is 4.74 Å². The third kappa shape index (κ3) is 3.12. The van der Waals surface area contributed by atoms with Gasteiger partial charge in [-0.2, -0.15) is 5.10 Å². The summed E-state index contributed by atoms with van der Waals surface area (Å²) < 4.78 is 7.35. The summed E-state index contributed by atoms with van der Waals surface area (Å²) in [6, 6.07) is 4.84. The maximum atomic E-state index is 12.5. The Morgan fingerprint density at radius 2 is 2.19 bits per heavy atom. The third-order valence-corrected chi connectivity index (χ3v) is 4.04. The summed E-state index contributed by atoms with van der Waals surface area (Å²) in [6.07, 6.45) is 6.27. The molecule has 0 saturated carbocycles. The second-order valence-corrected chi connectivity index (χ2v) is 5.83. The lowest BCUT2D eigenvalue weighted by Gasteiger charge is -2.22. The molecule has 1 aliphatic heterocycles. The SMILES string of the molecule is O=C(c1cnn(C2CCCCO2)c1)c1ccc(Cl)cc1Cl. The quantitative estimate of drug-likeness (QED) is 0.797. The van der Waals surface area contributed by atoms with Crippen LogP contribution in [0.3, 0.4) is 0 Å². The van der Waals surface area contributed by atoms with Crippen molar-refractivity contribution in [2.45, 2.75) is 25.5 Å². The molecule has 110 valence electrons. The van der Waals surface area contributed by atoms with E-state index < -0.39 is 0 Å². The summed E-state index contributed by atoms with van der Waals surface area (Å²) in [5, 5.41) is 5.08. The zero-order valence-electron chi connectivity index (χ0n) is 11.3. The fourth-order valence-corrected chi connectivity index (χ4v) is 2.87. The first-order valence-corrected chi connectivity index (χ1v) is 7.56. The van der Waals surface area contributed by atoms with Crippen LogP contribution in [-0.4, -0.2) is 22.2 Å². The maximum absolute atomic E-state index is 12.5. The first kappa shape index (κ1) is 14.6. The van der Waals surface area contributed by atoms with Crippen LogP contribution in [0.4, 0.5) is 0 Å². The Bertz CT molecular complexity index is 663. The Labute approximate surface area is 132 Å². The summed E-state index contributed by atoms with van der Waals surface area (Å²) in [6.45, 7) is 0.733. The van der Waals surface area contributed by atoms with Gasteiger partial charge in [-0.25, -0.2) is 4.68 Å². The van der Waals surface area contributed by atoms with E-state index in [1.54, 1.807) is 35.3 Å². The summed E-state index contributed by atoms with van der Waals surface area (Å²) >= 11 is 11.9. The van der Waals surface area contributed by atoms with Crippen LogP contribution >= 0.6 is 23.2 Å². The van der Waals surface area contributed by atoms with E-state index in [4.69, 9.17) is 27.9 Å². The van der Waals surface area contributed by atoms with Gasteiger partial charge < -0.3 is 4.74 Å². The number of ether oxygens (including phenoxy) is 1. The molecule has 0 amide bonds. The van der Waals surface area contributed by atoms with Crippen molar-refractivity contribution in [3.8, 4) is 0 Å². The minimum absolute atomic E-state index is 0.0824. The molecule has 2 heterocycles. The number of rotatable bonds is 3. The molecule has 21 heavy (non-hydrogen) atoms. The average Bonchev–Trinajstić information content (AvgIpc) is 2.97. The highest BCUT2D eigenvalue weighted by Crippen LogP contribution is 2.25. The van der Waals surface area contributed by atoms with Crippen molar-refractivity contribution < 1.29 is 9.53 Å². The number of hydrogen-bond donors (Lipinski definition) is 0. The van der Waals surface area contributed by atoms with Crippen LogP contribution in [0, 0.1) is 0 Å². The first-order chi connectivity index (χ1) is 10.1. The van der Waals surface area contributed by atoms with Crippen molar-refractivity contribution in [3.63, 3.8) is 0 Å². The third-order valence-electron chi connectivity index (χ3n) is 3.49. The van der Waals surface area contributed by atoms with Gasteiger partial charge in [-0.15, -0.1) is 0 Å². The molecule has 0 spiro atoms. The van der Waals surface area contributed by atoms with Crippen molar-refractivity contribution in [3.05, 3.63) is 51.8 Å². The number of halogens is 2. The van der Waals surface area contributed by atoms with Gasteiger partial charge in [0.25, 0.3) is 0 Å². The second kappa shape index (κ2) is 6.18. The number of benzene rings is 1. The van der Waals surface area contributed by atoms with Crippen molar-refractivity contribution in [2.24, 2.45) is 0 Å². The number of carbonyl (C=O) groups excluding carboxylic acids is 1. The molecule has 1 aromatic carbocycles. The van der Waals surface area contributed by atoms with Gasteiger partial charge in [-0.3, -0.25) is 4.79 Å². The van der Waals surface area contributed by atoms with Crippen LogP contribution in [0.2, 0.25) is 10.0 Å². The van der Waals surface area contributed by atoms with Gasteiger partial charge in [-0.05, 0) is 37.5 Å². The second-order valence-electron chi connectivity index (χ2n) is 4.98. The van der Waals surface area contributed by atoms with Crippen molar-refractivity contribution in [2.75, 3.05) is 6.61 Å². The van der Waals surface area contributed by atoms with Crippen LogP contribution in [0.15, 0.2) is 30.6 Å². The van der Waals surface area contributed by atoms with E-state index in [1.165, 1.54) is 0 Å².